The van der Waals surface area contributed by atoms with Crippen LogP contribution >= 0.6 is 11.6 Å². The van der Waals surface area contributed by atoms with Crippen LogP contribution in [0, 0.1) is 0 Å². The summed E-state index contributed by atoms with van der Waals surface area (Å²) < 4.78 is 0. The largest absolute Gasteiger partial charge is 0.382 e. The van der Waals surface area contributed by atoms with Crippen molar-refractivity contribution in [1.82, 2.24) is 9.97 Å². The van der Waals surface area contributed by atoms with Crippen molar-refractivity contribution < 1.29 is 0 Å². The van der Waals surface area contributed by atoms with Gasteiger partial charge in [0.1, 0.15) is 0 Å². The number of nitrogens with two attached hydrogens (primary N) is 2. The van der Waals surface area contributed by atoms with E-state index in [1.54, 1.807) is 0 Å². The van der Waals surface area contributed by atoms with Crippen molar-refractivity contribution in [3.63, 3.8) is 0 Å². The Hall–Kier alpha value is -1.36. The summed E-state index contributed by atoms with van der Waals surface area (Å²) >= 11 is 5.43. The Labute approximate surface area is 68.1 Å². The van der Waals surface area contributed by atoms with Crippen LogP contribution < -0.4 is 11.6 Å². The summed E-state index contributed by atoms with van der Waals surface area (Å²) in [5, 5.41) is 3.43. The van der Waals surface area contributed by atoms with Gasteiger partial charge in [-0.15, -0.1) is 0 Å². The number of nitrogens with zero attached hydrogens (tertiary/aromatic N) is 3. The first-order valence-corrected chi connectivity index (χ1v) is 3.13. The zero-order valence-electron chi connectivity index (χ0n) is 5.53. The summed E-state index contributed by atoms with van der Waals surface area (Å²) in [4.78, 5) is 7.37. The molecule has 0 radical (unpaired) electrons. The minimum atomic E-state index is 0.165. The van der Waals surface area contributed by atoms with E-state index in [1.807, 2.05) is 0 Å². The van der Waals surface area contributed by atoms with Crippen molar-refractivity contribution in [3.8, 4) is 0 Å². The second kappa shape index (κ2) is 3.16. The fraction of sp³-hybridized carbons (Fsp3) is 0. The van der Waals surface area contributed by atoms with Crippen LogP contribution in [0.25, 0.3) is 0 Å². The summed E-state index contributed by atoms with van der Waals surface area (Å²) in [6.07, 6.45) is 2.89. The normalized spacial score (nSPS) is 11.5. The Kier molecular flexibility index (Phi) is 2.22. The van der Waals surface area contributed by atoms with Gasteiger partial charge >= 0.3 is 0 Å². The van der Waals surface area contributed by atoms with E-state index in [1.165, 1.54) is 12.4 Å². The first-order valence-electron chi connectivity index (χ1n) is 2.75. The van der Waals surface area contributed by atoms with E-state index in [0.29, 0.717) is 5.56 Å². The number of hydrazone groups is 1. The molecule has 0 spiro atoms. The van der Waals surface area contributed by atoms with Gasteiger partial charge in [0.05, 0.1) is 5.56 Å². The molecular weight excluding hydrogens is 166 g/mol. The molecule has 6 heteroatoms. The molecule has 5 nitrogen and oxygen atoms in total. The van der Waals surface area contributed by atoms with Crippen molar-refractivity contribution in [2.24, 2.45) is 16.7 Å². The van der Waals surface area contributed by atoms with E-state index in [0.717, 1.165) is 0 Å². The van der Waals surface area contributed by atoms with E-state index < -0.39 is 0 Å². The Morgan fingerprint density at radius 1 is 1.45 bits per heavy atom. The van der Waals surface area contributed by atoms with Crippen molar-refractivity contribution in [2.75, 3.05) is 0 Å². The topological polar surface area (TPSA) is 90.2 Å². The molecule has 1 heterocycles. The van der Waals surface area contributed by atoms with Crippen LogP contribution in [0.4, 0.5) is 0 Å². The highest BCUT2D eigenvalue weighted by atomic mass is 35.5. The molecule has 0 saturated heterocycles. The highest BCUT2D eigenvalue weighted by Gasteiger charge is 1.97. The van der Waals surface area contributed by atoms with Gasteiger partial charge in [0.25, 0.3) is 0 Å². The van der Waals surface area contributed by atoms with Gasteiger partial charge in [-0.05, 0) is 11.6 Å². The molecule has 1 aromatic heterocycles. The molecule has 0 aromatic carbocycles. The predicted molar refractivity (Wildman–Crippen MR) is 42.0 cm³/mol. The molecule has 58 valence electrons. The van der Waals surface area contributed by atoms with E-state index in [9.17, 15) is 0 Å². The average molecular weight is 172 g/mol. The lowest BCUT2D eigenvalue weighted by Crippen LogP contribution is -2.15. The standard InChI is InChI=1S/C5H6ClN5/c6-5-9-1-3(2-10-5)4(7)11-8/h1-2H,8H2,(H2,7,11). The maximum Gasteiger partial charge on any atom is 0.222 e. The third-order valence-electron chi connectivity index (χ3n) is 1.06. The third kappa shape index (κ3) is 1.78. The van der Waals surface area contributed by atoms with E-state index >= 15 is 0 Å². The molecule has 0 aliphatic heterocycles. The average Bonchev–Trinajstić information content (AvgIpc) is 2.05. The van der Waals surface area contributed by atoms with E-state index in [4.69, 9.17) is 23.2 Å². The molecule has 0 atom stereocenters. The van der Waals surface area contributed by atoms with Crippen LogP contribution in [0.15, 0.2) is 17.5 Å². The van der Waals surface area contributed by atoms with Gasteiger partial charge in [-0.2, -0.15) is 5.10 Å². The lowest BCUT2D eigenvalue weighted by molar-refractivity contribution is 1.14. The van der Waals surface area contributed by atoms with Gasteiger partial charge in [0, 0.05) is 12.4 Å². The second-order valence-electron chi connectivity index (χ2n) is 1.76. The molecule has 0 fully saturated rings. The van der Waals surface area contributed by atoms with Crippen molar-refractivity contribution >= 4 is 17.4 Å². The molecule has 0 saturated carbocycles. The second-order valence-corrected chi connectivity index (χ2v) is 2.09. The van der Waals surface area contributed by atoms with E-state index in [2.05, 4.69) is 15.1 Å². The number of amidine groups is 1. The summed E-state index contributed by atoms with van der Waals surface area (Å²) in [5.74, 6) is 5.10. The van der Waals surface area contributed by atoms with Crippen LogP contribution in [0.3, 0.4) is 0 Å². The summed E-state index contributed by atoms with van der Waals surface area (Å²) in [6.45, 7) is 0. The number of hydrogen-bond donors (Lipinski definition) is 2. The van der Waals surface area contributed by atoms with Gasteiger partial charge < -0.3 is 11.6 Å². The maximum absolute atomic E-state index is 5.43. The molecule has 0 unspecified atom stereocenters. The predicted octanol–water partition coefficient (Wildman–Crippen LogP) is -0.291. The van der Waals surface area contributed by atoms with Crippen molar-refractivity contribution in [1.29, 1.82) is 0 Å². The zero-order chi connectivity index (χ0) is 8.27. The molecule has 0 aliphatic rings. The third-order valence-corrected chi connectivity index (χ3v) is 1.25. The number of aromatic nitrogens is 2. The first kappa shape index (κ1) is 7.74. The van der Waals surface area contributed by atoms with Gasteiger partial charge in [0.2, 0.25) is 5.28 Å². The summed E-state index contributed by atoms with van der Waals surface area (Å²) in [5.41, 5.74) is 5.90. The van der Waals surface area contributed by atoms with Crippen molar-refractivity contribution in [2.45, 2.75) is 0 Å². The molecule has 0 bridgehead atoms. The van der Waals surface area contributed by atoms with E-state index in [-0.39, 0.29) is 11.1 Å². The fourth-order valence-corrected chi connectivity index (χ4v) is 0.617. The van der Waals surface area contributed by atoms with Gasteiger partial charge in [0.15, 0.2) is 5.84 Å². The Morgan fingerprint density at radius 2 is 2.00 bits per heavy atom. The number of halogens is 1. The highest BCUT2D eigenvalue weighted by Crippen LogP contribution is 1.99. The van der Waals surface area contributed by atoms with Crippen LogP contribution in [0.1, 0.15) is 5.56 Å². The highest BCUT2D eigenvalue weighted by molar-refractivity contribution is 6.28. The molecule has 1 rings (SSSR count). The monoisotopic (exact) mass is 171 g/mol. The van der Waals surface area contributed by atoms with Crippen LogP contribution in [-0.2, 0) is 0 Å². The Balaban J connectivity index is 2.99. The van der Waals surface area contributed by atoms with Crippen LogP contribution in [0.5, 0.6) is 0 Å². The van der Waals surface area contributed by atoms with Gasteiger partial charge in [-0.25, -0.2) is 9.97 Å². The molecule has 1 aromatic rings. The van der Waals surface area contributed by atoms with Gasteiger partial charge in [-0.1, -0.05) is 0 Å². The Bertz CT molecular complexity index is 267. The summed E-state index contributed by atoms with van der Waals surface area (Å²) in [6, 6.07) is 0. The minimum absolute atomic E-state index is 0.165. The lowest BCUT2D eigenvalue weighted by Gasteiger charge is -1.95. The smallest absolute Gasteiger partial charge is 0.222 e. The molecule has 0 amide bonds. The first-order chi connectivity index (χ1) is 5.24. The SMILES string of the molecule is N/N=C(/N)c1cnc(Cl)nc1. The minimum Gasteiger partial charge on any atom is -0.382 e. The van der Waals surface area contributed by atoms with Crippen molar-refractivity contribution in [3.05, 3.63) is 23.2 Å². The summed E-state index contributed by atoms with van der Waals surface area (Å²) in [7, 11) is 0. The molecule has 0 aliphatic carbocycles. The van der Waals surface area contributed by atoms with Crippen LogP contribution in [0.2, 0.25) is 5.28 Å². The molecular formula is C5H6ClN5. The molecule has 4 N–H and O–H groups in total. The number of rotatable bonds is 1. The zero-order valence-corrected chi connectivity index (χ0v) is 6.28. The quantitative estimate of drug-likeness (QED) is 0.200. The lowest BCUT2D eigenvalue weighted by atomic mass is 10.3. The van der Waals surface area contributed by atoms with Crippen LogP contribution in [-0.4, -0.2) is 15.8 Å². The fourth-order valence-electron chi connectivity index (χ4n) is 0.519. The Morgan fingerprint density at radius 3 is 2.45 bits per heavy atom. The maximum atomic E-state index is 5.43. The number of hydrogen-bond acceptors (Lipinski definition) is 4. The van der Waals surface area contributed by atoms with Gasteiger partial charge in [-0.3, -0.25) is 0 Å². The molecule has 11 heavy (non-hydrogen) atoms.